The van der Waals surface area contributed by atoms with Crippen molar-refractivity contribution in [3.8, 4) is 0 Å². The maximum Gasteiger partial charge on any atom is 0.308 e. The second-order valence-corrected chi connectivity index (χ2v) is 5.53. The fourth-order valence-electron chi connectivity index (χ4n) is 2.58. The van der Waals surface area contributed by atoms with Gasteiger partial charge in [0.05, 0.1) is 25.2 Å². The molecule has 1 aromatic rings. The fraction of sp³-hybridized carbons (Fsp3) is 0.562. The van der Waals surface area contributed by atoms with Gasteiger partial charge in [0.15, 0.2) is 0 Å². The minimum absolute atomic E-state index is 0.226. The summed E-state index contributed by atoms with van der Waals surface area (Å²) in [7, 11) is 0. The molecule has 1 unspecified atom stereocenters. The number of halogens is 1. The summed E-state index contributed by atoms with van der Waals surface area (Å²) in [6.45, 7) is 2.20. The molecule has 2 rings (SSSR count). The van der Waals surface area contributed by atoms with E-state index >= 15 is 0 Å². The molecule has 1 fully saturated rings. The number of carbonyl (C=O) groups excluding carboxylic acids is 1. The van der Waals surface area contributed by atoms with Gasteiger partial charge in [-0.1, -0.05) is 36.6 Å². The number of hydrogen-bond acceptors (Lipinski definition) is 3. The molecule has 0 aromatic heterocycles. The Morgan fingerprint density at radius 3 is 2.80 bits per heavy atom. The third kappa shape index (κ3) is 4.50. The Morgan fingerprint density at radius 2 is 2.15 bits per heavy atom. The van der Waals surface area contributed by atoms with Crippen LogP contribution >= 0.6 is 11.6 Å². The second kappa shape index (κ2) is 7.65. The Balaban J connectivity index is 2.07. The molecule has 1 aliphatic carbocycles. The predicted octanol–water partition coefficient (Wildman–Crippen LogP) is 4.29. The average molecular weight is 297 g/mol. The Hall–Kier alpha value is -1.06. The number of rotatable bonds is 6. The summed E-state index contributed by atoms with van der Waals surface area (Å²) in [5, 5.41) is 0.659. The molecule has 0 radical (unpaired) electrons. The van der Waals surface area contributed by atoms with Gasteiger partial charge in [-0.25, -0.2) is 0 Å². The SMILES string of the molecule is CCOC(=O)CC(OC1CCCC1)c1cccc(Cl)c1. The van der Waals surface area contributed by atoms with E-state index in [2.05, 4.69) is 0 Å². The van der Waals surface area contributed by atoms with Gasteiger partial charge in [0, 0.05) is 5.02 Å². The highest BCUT2D eigenvalue weighted by atomic mass is 35.5. The number of hydrogen-bond donors (Lipinski definition) is 0. The second-order valence-electron chi connectivity index (χ2n) is 5.10. The van der Waals surface area contributed by atoms with E-state index in [0.717, 1.165) is 18.4 Å². The Bertz CT molecular complexity index is 441. The van der Waals surface area contributed by atoms with Gasteiger partial charge in [0.2, 0.25) is 0 Å². The molecular formula is C16H21ClO3. The normalized spacial score (nSPS) is 17.1. The molecule has 0 spiro atoms. The molecule has 3 nitrogen and oxygen atoms in total. The van der Waals surface area contributed by atoms with Crippen molar-refractivity contribution in [2.75, 3.05) is 6.61 Å². The van der Waals surface area contributed by atoms with E-state index in [1.165, 1.54) is 12.8 Å². The molecule has 0 N–H and O–H groups in total. The molecule has 1 aliphatic rings. The van der Waals surface area contributed by atoms with Gasteiger partial charge in [0.25, 0.3) is 0 Å². The van der Waals surface area contributed by atoms with Crippen molar-refractivity contribution in [2.45, 2.75) is 51.2 Å². The lowest BCUT2D eigenvalue weighted by molar-refractivity contribution is -0.147. The van der Waals surface area contributed by atoms with Crippen LogP contribution < -0.4 is 0 Å². The van der Waals surface area contributed by atoms with Crippen LogP contribution in [0.4, 0.5) is 0 Å². The lowest BCUT2D eigenvalue weighted by Gasteiger charge is -2.22. The number of esters is 1. The summed E-state index contributed by atoms with van der Waals surface area (Å²) in [6, 6.07) is 7.51. The van der Waals surface area contributed by atoms with Gasteiger partial charge in [-0.15, -0.1) is 0 Å². The van der Waals surface area contributed by atoms with Gasteiger partial charge in [-0.2, -0.15) is 0 Å². The molecule has 0 amide bonds. The number of ether oxygens (including phenoxy) is 2. The van der Waals surface area contributed by atoms with Gasteiger partial charge >= 0.3 is 5.97 Å². The lowest BCUT2D eigenvalue weighted by Crippen LogP contribution is -2.18. The molecule has 1 saturated carbocycles. The monoisotopic (exact) mass is 296 g/mol. The van der Waals surface area contributed by atoms with Crippen molar-refractivity contribution < 1.29 is 14.3 Å². The van der Waals surface area contributed by atoms with Crippen molar-refractivity contribution >= 4 is 17.6 Å². The van der Waals surface area contributed by atoms with Gasteiger partial charge < -0.3 is 9.47 Å². The van der Waals surface area contributed by atoms with E-state index in [4.69, 9.17) is 21.1 Å². The molecule has 20 heavy (non-hydrogen) atoms. The lowest BCUT2D eigenvalue weighted by atomic mass is 10.1. The van der Waals surface area contributed by atoms with Crippen LogP contribution in [0.1, 0.15) is 50.7 Å². The fourth-order valence-corrected chi connectivity index (χ4v) is 2.78. The summed E-state index contributed by atoms with van der Waals surface area (Å²) < 4.78 is 11.1. The van der Waals surface area contributed by atoms with Gasteiger partial charge in [-0.3, -0.25) is 4.79 Å². The molecule has 110 valence electrons. The first-order valence-corrected chi connectivity index (χ1v) is 7.63. The summed E-state index contributed by atoms with van der Waals surface area (Å²) >= 11 is 6.03. The van der Waals surface area contributed by atoms with Crippen LogP contribution in [0.25, 0.3) is 0 Å². The average Bonchev–Trinajstić information content (AvgIpc) is 2.91. The Labute approximate surface area is 125 Å². The molecule has 0 aliphatic heterocycles. The molecule has 4 heteroatoms. The summed E-state index contributed by atoms with van der Waals surface area (Å²) in [5.74, 6) is -0.226. The van der Waals surface area contributed by atoms with Crippen molar-refractivity contribution in [2.24, 2.45) is 0 Å². The van der Waals surface area contributed by atoms with Crippen LogP contribution in [0.5, 0.6) is 0 Å². The van der Waals surface area contributed by atoms with E-state index in [-0.39, 0.29) is 24.6 Å². The smallest absolute Gasteiger partial charge is 0.308 e. The number of benzene rings is 1. The molecule has 0 bridgehead atoms. The molecule has 1 atom stereocenters. The molecule has 1 aromatic carbocycles. The highest BCUT2D eigenvalue weighted by Crippen LogP contribution is 2.31. The van der Waals surface area contributed by atoms with E-state index < -0.39 is 0 Å². The third-order valence-corrected chi connectivity index (χ3v) is 3.77. The zero-order chi connectivity index (χ0) is 14.4. The summed E-state index contributed by atoms with van der Waals surface area (Å²) in [6.07, 6.45) is 4.76. The first-order chi connectivity index (χ1) is 9.69. The van der Waals surface area contributed by atoms with Crippen LogP contribution in [0.2, 0.25) is 5.02 Å². The molecule has 0 heterocycles. The van der Waals surface area contributed by atoms with Crippen LogP contribution in [-0.2, 0) is 14.3 Å². The van der Waals surface area contributed by atoms with Crippen LogP contribution in [-0.4, -0.2) is 18.7 Å². The van der Waals surface area contributed by atoms with Gasteiger partial charge in [0.1, 0.15) is 0 Å². The van der Waals surface area contributed by atoms with Crippen LogP contribution in [0, 0.1) is 0 Å². The zero-order valence-electron chi connectivity index (χ0n) is 11.8. The molecular weight excluding hydrogens is 276 g/mol. The topological polar surface area (TPSA) is 35.5 Å². The highest BCUT2D eigenvalue weighted by Gasteiger charge is 2.24. The molecule has 0 saturated heterocycles. The standard InChI is InChI=1S/C16H21ClO3/c1-2-19-16(18)11-15(20-14-8-3-4-9-14)12-6-5-7-13(17)10-12/h5-7,10,14-15H,2-4,8-9,11H2,1H3. The zero-order valence-corrected chi connectivity index (χ0v) is 12.6. The first-order valence-electron chi connectivity index (χ1n) is 7.25. The van der Waals surface area contributed by atoms with Gasteiger partial charge in [-0.05, 0) is 37.5 Å². The van der Waals surface area contributed by atoms with Crippen LogP contribution in [0.3, 0.4) is 0 Å². The Morgan fingerprint density at radius 1 is 1.40 bits per heavy atom. The maximum absolute atomic E-state index is 11.8. The van der Waals surface area contributed by atoms with Crippen molar-refractivity contribution in [1.29, 1.82) is 0 Å². The van der Waals surface area contributed by atoms with Crippen molar-refractivity contribution in [1.82, 2.24) is 0 Å². The quantitative estimate of drug-likeness (QED) is 0.735. The predicted molar refractivity (Wildman–Crippen MR) is 78.8 cm³/mol. The first kappa shape index (κ1) is 15.3. The minimum atomic E-state index is -0.268. The van der Waals surface area contributed by atoms with Crippen LogP contribution in [0.15, 0.2) is 24.3 Å². The maximum atomic E-state index is 11.8. The van der Waals surface area contributed by atoms with Crippen molar-refractivity contribution in [3.63, 3.8) is 0 Å². The largest absolute Gasteiger partial charge is 0.466 e. The van der Waals surface area contributed by atoms with E-state index in [1.54, 1.807) is 0 Å². The minimum Gasteiger partial charge on any atom is -0.466 e. The van der Waals surface area contributed by atoms with E-state index in [1.807, 2.05) is 31.2 Å². The Kier molecular flexibility index (Phi) is 5.86. The van der Waals surface area contributed by atoms with E-state index in [0.29, 0.717) is 11.6 Å². The number of carbonyl (C=O) groups is 1. The highest BCUT2D eigenvalue weighted by molar-refractivity contribution is 6.30. The third-order valence-electron chi connectivity index (χ3n) is 3.54. The van der Waals surface area contributed by atoms with E-state index in [9.17, 15) is 4.79 Å². The summed E-state index contributed by atoms with van der Waals surface area (Å²) in [5.41, 5.74) is 0.942. The van der Waals surface area contributed by atoms with Crippen molar-refractivity contribution in [3.05, 3.63) is 34.9 Å². The summed E-state index contributed by atoms with van der Waals surface area (Å²) in [4.78, 5) is 11.8.